The minimum absolute atomic E-state index is 0.351. The summed E-state index contributed by atoms with van der Waals surface area (Å²) in [5, 5.41) is 0. The van der Waals surface area contributed by atoms with Gasteiger partial charge in [-0.2, -0.15) is 0 Å². The zero-order chi connectivity index (χ0) is 16.8. The van der Waals surface area contributed by atoms with Crippen LogP contribution in [-0.2, 0) is 11.3 Å². The van der Waals surface area contributed by atoms with Gasteiger partial charge in [0.05, 0.1) is 18.8 Å². The van der Waals surface area contributed by atoms with Gasteiger partial charge in [-0.15, -0.1) is 0 Å². The summed E-state index contributed by atoms with van der Waals surface area (Å²) >= 11 is 0. The SMILES string of the molecule is CN(C)CC[C@H]1CN(Cc2ccccc2OC2CCCC2)CCO1. The molecule has 0 spiro atoms. The van der Waals surface area contributed by atoms with Crippen LogP contribution in [0.4, 0.5) is 0 Å². The van der Waals surface area contributed by atoms with Crippen molar-refractivity contribution in [3.8, 4) is 5.75 Å². The van der Waals surface area contributed by atoms with Crippen LogP contribution in [0.1, 0.15) is 37.7 Å². The lowest BCUT2D eigenvalue weighted by atomic mass is 10.1. The minimum atomic E-state index is 0.351. The van der Waals surface area contributed by atoms with E-state index >= 15 is 0 Å². The van der Waals surface area contributed by atoms with Crippen molar-refractivity contribution in [2.75, 3.05) is 40.3 Å². The van der Waals surface area contributed by atoms with Gasteiger partial charge in [-0.25, -0.2) is 0 Å². The first kappa shape index (κ1) is 17.7. The molecule has 0 bridgehead atoms. The van der Waals surface area contributed by atoms with Crippen LogP contribution in [0.3, 0.4) is 0 Å². The van der Waals surface area contributed by atoms with E-state index < -0.39 is 0 Å². The third-order valence-electron chi connectivity index (χ3n) is 5.08. The molecule has 24 heavy (non-hydrogen) atoms. The largest absolute Gasteiger partial charge is 0.490 e. The smallest absolute Gasteiger partial charge is 0.124 e. The van der Waals surface area contributed by atoms with Crippen LogP contribution in [-0.4, -0.2) is 62.3 Å². The molecule has 1 saturated carbocycles. The van der Waals surface area contributed by atoms with Crippen molar-refractivity contribution in [1.82, 2.24) is 9.80 Å². The molecule has 3 rings (SSSR count). The summed E-state index contributed by atoms with van der Waals surface area (Å²) in [6.45, 7) is 4.91. The van der Waals surface area contributed by atoms with E-state index in [4.69, 9.17) is 9.47 Å². The fraction of sp³-hybridized carbons (Fsp3) is 0.700. The maximum Gasteiger partial charge on any atom is 0.124 e. The van der Waals surface area contributed by atoms with Crippen molar-refractivity contribution in [1.29, 1.82) is 0 Å². The highest BCUT2D eigenvalue weighted by Crippen LogP contribution is 2.27. The Kier molecular flexibility index (Phi) is 6.52. The lowest BCUT2D eigenvalue weighted by Crippen LogP contribution is -2.43. The monoisotopic (exact) mass is 332 g/mol. The predicted octanol–water partition coefficient (Wildman–Crippen LogP) is 3.16. The number of morpholine rings is 1. The second-order valence-corrected chi connectivity index (χ2v) is 7.45. The van der Waals surface area contributed by atoms with Crippen molar-refractivity contribution in [3.05, 3.63) is 29.8 Å². The Morgan fingerprint density at radius 2 is 2.00 bits per heavy atom. The van der Waals surface area contributed by atoms with Crippen molar-refractivity contribution < 1.29 is 9.47 Å². The van der Waals surface area contributed by atoms with E-state index in [2.05, 4.69) is 48.2 Å². The quantitative estimate of drug-likeness (QED) is 0.766. The number of hydrogen-bond donors (Lipinski definition) is 0. The second-order valence-electron chi connectivity index (χ2n) is 7.45. The molecule has 1 saturated heterocycles. The van der Waals surface area contributed by atoms with Gasteiger partial charge < -0.3 is 14.4 Å². The standard InChI is InChI=1S/C20H32N2O2/c1-21(2)12-11-19-16-22(13-14-23-19)15-17-7-3-6-10-20(17)24-18-8-4-5-9-18/h3,6-7,10,18-19H,4-5,8-9,11-16H2,1-2H3/t19-/m0/s1. The van der Waals surface area contributed by atoms with Crippen LogP contribution < -0.4 is 4.74 Å². The average Bonchev–Trinajstić information content (AvgIpc) is 3.08. The number of ether oxygens (including phenoxy) is 2. The summed E-state index contributed by atoms with van der Waals surface area (Å²) < 4.78 is 12.2. The fourth-order valence-corrected chi connectivity index (χ4v) is 3.68. The fourth-order valence-electron chi connectivity index (χ4n) is 3.68. The van der Waals surface area contributed by atoms with Crippen LogP contribution in [0.25, 0.3) is 0 Å². The minimum Gasteiger partial charge on any atom is -0.490 e. The molecule has 1 aromatic carbocycles. The van der Waals surface area contributed by atoms with Gasteiger partial charge in [0.1, 0.15) is 5.75 Å². The molecule has 1 aliphatic heterocycles. The van der Waals surface area contributed by atoms with Gasteiger partial charge in [-0.05, 0) is 52.3 Å². The molecule has 0 radical (unpaired) electrons. The van der Waals surface area contributed by atoms with E-state index in [1.165, 1.54) is 31.2 Å². The Balaban J connectivity index is 1.56. The Labute approximate surface area is 146 Å². The van der Waals surface area contributed by atoms with Crippen molar-refractivity contribution in [2.45, 2.75) is 50.9 Å². The van der Waals surface area contributed by atoms with Crippen LogP contribution in [0.2, 0.25) is 0 Å². The van der Waals surface area contributed by atoms with Crippen molar-refractivity contribution in [3.63, 3.8) is 0 Å². The van der Waals surface area contributed by atoms with Gasteiger partial charge in [-0.3, -0.25) is 4.90 Å². The Hall–Kier alpha value is -1.10. The summed E-state index contributed by atoms with van der Waals surface area (Å²) in [7, 11) is 4.24. The number of para-hydroxylation sites is 1. The van der Waals surface area contributed by atoms with Gasteiger partial charge >= 0.3 is 0 Å². The van der Waals surface area contributed by atoms with Gasteiger partial charge in [0.25, 0.3) is 0 Å². The van der Waals surface area contributed by atoms with Gasteiger partial charge in [-0.1, -0.05) is 18.2 Å². The first-order valence-electron chi connectivity index (χ1n) is 9.44. The molecule has 0 aromatic heterocycles. The van der Waals surface area contributed by atoms with Crippen molar-refractivity contribution >= 4 is 0 Å². The molecule has 134 valence electrons. The third kappa shape index (κ3) is 5.20. The van der Waals surface area contributed by atoms with Crippen LogP contribution in [0, 0.1) is 0 Å². The predicted molar refractivity (Wildman–Crippen MR) is 97.5 cm³/mol. The Morgan fingerprint density at radius 3 is 2.79 bits per heavy atom. The first-order chi connectivity index (χ1) is 11.7. The highest BCUT2D eigenvalue weighted by Gasteiger charge is 2.22. The zero-order valence-electron chi connectivity index (χ0n) is 15.2. The molecule has 0 unspecified atom stereocenters. The summed E-state index contributed by atoms with van der Waals surface area (Å²) in [5.41, 5.74) is 1.32. The zero-order valence-corrected chi connectivity index (χ0v) is 15.2. The van der Waals surface area contributed by atoms with E-state index in [1.807, 2.05) is 0 Å². The maximum atomic E-state index is 6.29. The van der Waals surface area contributed by atoms with Crippen LogP contribution in [0.15, 0.2) is 24.3 Å². The van der Waals surface area contributed by atoms with E-state index in [0.717, 1.165) is 45.0 Å². The van der Waals surface area contributed by atoms with Crippen molar-refractivity contribution in [2.24, 2.45) is 0 Å². The third-order valence-corrected chi connectivity index (χ3v) is 5.08. The second kappa shape index (κ2) is 8.84. The Bertz CT molecular complexity index is 500. The number of nitrogens with zero attached hydrogens (tertiary/aromatic N) is 2. The molecular weight excluding hydrogens is 300 g/mol. The summed E-state index contributed by atoms with van der Waals surface area (Å²) in [5.74, 6) is 1.08. The van der Waals surface area contributed by atoms with E-state index in [9.17, 15) is 0 Å². The molecule has 0 amide bonds. The molecule has 4 heteroatoms. The molecule has 1 aromatic rings. The van der Waals surface area contributed by atoms with E-state index in [1.54, 1.807) is 0 Å². The van der Waals surface area contributed by atoms with Crippen LogP contribution in [0.5, 0.6) is 5.75 Å². The average molecular weight is 332 g/mol. The normalized spacial score (nSPS) is 23.0. The summed E-state index contributed by atoms with van der Waals surface area (Å²) in [6.07, 6.45) is 6.90. The number of rotatable bonds is 7. The molecule has 2 fully saturated rings. The lowest BCUT2D eigenvalue weighted by molar-refractivity contribution is -0.0372. The summed E-state index contributed by atoms with van der Waals surface area (Å²) in [4.78, 5) is 4.74. The molecular formula is C20H32N2O2. The molecule has 4 nitrogen and oxygen atoms in total. The first-order valence-corrected chi connectivity index (χ1v) is 9.44. The maximum absolute atomic E-state index is 6.29. The van der Waals surface area contributed by atoms with E-state index in [0.29, 0.717) is 12.2 Å². The number of hydrogen-bond acceptors (Lipinski definition) is 4. The molecule has 2 aliphatic rings. The summed E-state index contributed by atoms with van der Waals surface area (Å²) in [6, 6.07) is 8.57. The molecule has 1 aliphatic carbocycles. The highest BCUT2D eigenvalue weighted by atomic mass is 16.5. The van der Waals surface area contributed by atoms with Crippen LogP contribution >= 0.6 is 0 Å². The van der Waals surface area contributed by atoms with Gasteiger partial charge in [0.2, 0.25) is 0 Å². The number of benzene rings is 1. The molecule has 1 heterocycles. The topological polar surface area (TPSA) is 24.9 Å². The molecule has 0 N–H and O–H groups in total. The van der Waals surface area contributed by atoms with Gasteiger partial charge in [0, 0.05) is 31.7 Å². The van der Waals surface area contributed by atoms with Gasteiger partial charge in [0.15, 0.2) is 0 Å². The molecule has 1 atom stereocenters. The van der Waals surface area contributed by atoms with E-state index in [-0.39, 0.29) is 0 Å². The lowest BCUT2D eigenvalue weighted by Gasteiger charge is -2.34. The Morgan fingerprint density at radius 1 is 1.21 bits per heavy atom. The highest BCUT2D eigenvalue weighted by molar-refractivity contribution is 5.33.